The molecule has 0 radical (unpaired) electrons. The number of amides is 1. The Hall–Kier alpha value is -2.11. The summed E-state index contributed by atoms with van der Waals surface area (Å²) < 4.78 is 36.4. The van der Waals surface area contributed by atoms with Gasteiger partial charge in [0.2, 0.25) is 21.8 Å². The van der Waals surface area contributed by atoms with E-state index in [0.717, 1.165) is 4.31 Å². The van der Waals surface area contributed by atoms with Gasteiger partial charge in [-0.1, -0.05) is 5.16 Å². The molecule has 0 aliphatic rings. The van der Waals surface area contributed by atoms with E-state index in [0.29, 0.717) is 29.8 Å². The molecule has 0 fully saturated rings. The van der Waals surface area contributed by atoms with Crippen molar-refractivity contribution in [3.63, 3.8) is 0 Å². The minimum absolute atomic E-state index is 0.00192. The van der Waals surface area contributed by atoms with Gasteiger partial charge in [-0.2, -0.15) is 4.98 Å². The van der Waals surface area contributed by atoms with Gasteiger partial charge in [-0.05, 0) is 25.1 Å². The summed E-state index contributed by atoms with van der Waals surface area (Å²) in [5.74, 6) is 1.57. The maximum Gasteiger partial charge on any atom is 0.246 e. The predicted octanol–water partition coefficient (Wildman–Crippen LogP) is 1.90. The first-order valence-electron chi connectivity index (χ1n) is 8.10. The Morgan fingerprint density at radius 3 is 2.70 bits per heavy atom. The number of benzene rings is 1. The molecule has 0 atom stereocenters. The lowest BCUT2D eigenvalue weighted by Gasteiger charge is -2.16. The Balaban J connectivity index is 2.06. The second-order valence-corrected chi connectivity index (χ2v) is 8.76. The van der Waals surface area contributed by atoms with Crippen LogP contribution in [0.15, 0.2) is 27.6 Å². The molecule has 27 heavy (non-hydrogen) atoms. The van der Waals surface area contributed by atoms with E-state index in [4.69, 9.17) is 9.26 Å². The van der Waals surface area contributed by atoms with Crippen molar-refractivity contribution in [2.45, 2.75) is 24.5 Å². The highest BCUT2D eigenvalue weighted by atomic mass is 32.2. The van der Waals surface area contributed by atoms with Crippen LogP contribution in [0, 0.1) is 6.92 Å². The number of hydrogen-bond donors (Lipinski definition) is 1. The molecule has 0 spiro atoms. The van der Waals surface area contributed by atoms with E-state index < -0.39 is 10.0 Å². The third-order valence-electron chi connectivity index (χ3n) is 3.32. The number of carbonyl (C=O) groups is 1. The maximum atomic E-state index is 12.5. The quantitative estimate of drug-likeness (QED) is 0.662. The average Bonchev–Trinajstić information content (AvgIpc) is 3.01. The van der Waals surface area contributed by atoms with Crippen LogP contribution in [0.3, 0.4) is 0 Å². The summed E-state index contributed by atoms with van der Waals surface area (Å²) in [5, 5.41) is 6.45. The number of anilines is 1. The lowest BCUT2D eigenvalue weighted by Crippen LogP contribution is -2.23. The Bertz CT molecular complexity index is 896. The van der Waals surface area contributed by atoms with Gasteiger partial charge in [-0.25, -0.2) is 12.7 Å². The van der Waals surface area contributed by atoms with Crippen molar-refractivity contribution in [2.24, 2.45) is 0 Å². The van der Waals surface area contributed by atoms with E-state index in [2.05, 4.69) is 15.5 Å². The second kappa shape index (κ2) is 9.20. The standard InChI is InChI=1S/C16H22N4O5S2/c1-5-24-13-7-6-12(8-14(13)27(22,23)20(3)4)18-16(21)10-26-9-15-17-11(2)25-19-15/h6-8H,5,9-10H2,1-4H3,(H,18,21). The monoisotopic (exact) mass is 414 g/mol. The third kappa shape index (κ3) is 5.68. The predicted molar refractivity (Wildman–Crippen MR) is 102 cm³/mol. The van der Waals surface area contributed by atoms with E-state index in [1.54, 1.807) is 19.9 Å². The van der Waals surface area contributed by atoms with E-state index >= 15 is 0 Å². The lowest BCUT2D eigenvalue weighted by atomic mass is 10.3. The van der Waals surface area contributed by atoms with Crippen molar-refractivity contribution < 1.29 is 22.5 Å². The summed E-state index contributed by atoms with van der Waals surface area (Å²) in [7, 11) is -0.840. The first-order chi connectivity index (χ1) is 12.7. The molecule has 1 heterocycles. The van der Waals surface area contributed by atoms with Crippen LogP contribution in [-0.4, -0.2) is 55.2 Å². The summed E-state index contributed by atoms with van der Waals surface area (Å²) in [5.41, 5.74) is 0.375. The average molecular weight is 415 g/mol. The third-order valence-corrected chi connectivity index (χ3v) is 6.08. The Morgan fingerprint density at radius 1 is 1.37 bits per heavy atom. The maximum absolute atomic E-state index is 12.5. The number of sulfonamides is 1. The normalized spacial score (nSPS) is 11.6. The van der Waals surface area contributed by atoms with Gasteiger partial charge in [0.05, 0.1) is 18.1 Å². The Kier molecular flexibility index (Phi) is 7.22. The van der Waals surface area contributed by atoms with Gasteiger partial charge in [0.25, 0.3) is 0 Å². The fourth-order valence-corrected chi connectivity index (χ4v) is 3.80. The second-order valence-electron chi connectivity index (χ2n) is 5.65. The first-order valence-corrected chi connectivity index (χ1v) is 10.7. The zero-order valence-electron chi connectivity index (χ0n) is 15.6. The number of nitrogens with one attached hydrogen (secondary N) is 1. The van der Waals surface area contributed by atoms with Crippen LogP contribution in [0.4, 0.5) is 5.69 Å². The molecule has 1 aromatic heterocycles. The molecular weight excluding hydrogens is 392 g/mol. The van der Waals surface area contributed by atoms with Crippen molar-refractivity contribution in [3.05, 3.63) is 29.9 Å². The number of hydrogen-bond acceptors (Lipinski definition) is 8. The van der Waals surface area contributed by atoms with Gasteiger partial charge in [0.1, 0.15) is 10.6 Å². The molecule has 2 rings (SSSR count). The van der Waals surface area contributed by atoms with Crippen LogP contribution in [0.25, 0.3) is 0 Å². The molecule has 0 bridgehead atoms. The number of rotatable bonds is 9. The smallest absolute Gasteiger partial charge is 0.246 e. The highest BCUT2D eigenvalue weighted by Crippen LogP contribution is 2.29. The molecular formula is C16H22N4O5S2. The summed E-state index contributed by atoms with van der Waals surface area (Å²) in [6.45, 7) is 3.79. The molecule has 9 nitrogen and oxygen atoms in total. The fraction of sp³-hybridized carbons (Fsp3) is 0.438. The molecule has 1 N–H and O–H groups in total. The van der Waals surface area contributed by atoms with Crippen molar-refractivity contribution >= 4 is 33.4 Å². The molecule has 1 aromatic carbocycles. The minimum atomic E-state index is -3.71. The Labute approximate surface area is 162 Å². The van der Waals surface area contributed by atoms with Crippen LogP contribution in [-0.2, 0) is 20.6 Å². The summed E-state index contributed by atoms with van der Waals surface area (Å²) >= 11 is 1.32. The summed E-state index contributed by atoms with van der Waals surface area (Å²) in [4.78, 5) is 16.2. The molecule has 0 aliphatic carbocycles. The molecule has 0 saturated carbocycles. The number of thioether (sulfide) groups is 1. The van der Waals surface area contributed by atoms with Crippen LogP contribution < -0.4 is 10.1 Å². The van der Waals surface area contributed by atoms with Crippen LogP contribution in [0.1, 0.15) is 18.6 Å². The van der Waals surface area contributed by atoms with Crippen molar-refractivity contribution in [1.29, 1.82) is 0 Å². The molecule has 0 saturated heterocycles. The van der Waals surface area contributed by atoms with Crippen molar-refractivity contribution in [2.75, 3.05) is 31.8 Å². The zero-order chi connectivity index (χ0) is 20.0. The van der Waals surface area contributed by atoms with E-state index in [9.17, 15) is 13.2 Å². The van der Waals surface area contributed by atoms with E-state index in [-0.39, 0.29) is 22.3 Å². The van der Waals surface area contributed by atoms with E-state index in [1.807, 2.05) is 0 Å². The minimum Gasteiger partial charge on any atom is -0.492 e. The van der Waals surface area contributed by atoms with Gasteiger partial charge in [0.15, 0.2) is 5.82 Å². The SMILES string of the molecule is CCOc1ccc(NC(=O)CSCc2noc(C)n2)cc1S(=O)(=O)N(C)C. The van der Waals surface area contributed by atoms with Gasteiger partial charge >= 0.3 is 0 Å². The molecule has 0 unspecified atom stereocenters. The van der Waals surface area contributed by atoms with Crippen molar-refractivity contribution in [1.82, 2.24) is 14.4 Å². The molecule has 2 aromatic rings. The molecule has 11 heteroatoms. The van der Waals surface area contributed by atoms with Gasteiger partial charge in [0, 0.05) is 26.7 Å². The molecule has 1 amide bonds. The number of ether oxygens (including phenoxy) is 1. The highest BCUT2D eigenvalue weighted by molar-refractivity contribution is 7.99. The fourth-order valence-electron chi connectivity index (χ4n) is 2.09. The number of nitrogens with zero attached hydrogens (tertiary/aromatic N) is 3. The lowest BCUT2D eigenvalue weighted by molar-refractivity contribution is -0.113. The first kappa shape index (κ1) is 21.2. The zero-order valence-corrected chi connectivity index (χ0v) is 17.2. The number of aromatic nitrogens is 2. The topological polar surface area (TPSA) is 115 Å². The van der Waals surface area contributed by atoms with Gasteiger partial charge in [-0.3, -0.25) is 4.79 Å². The summed E-state index contributed by atoms with van der Waals surface area (Å²) in [6, 6.07) is 4.53. The number of carbonyl (C=O) groups excluding carboxylic acids is 1. The van der Waals surface area contributed by atoms with Crippen LogP contribution in [0.5, 0.6) is 5.75 Å². The molecule has 148 valence electrons. The van der Waals surface area contributed by atoms with Gasteiger partial charge < -0.3 is 14.6 Å². The van der Waals surface area contributed by atoms with Crippen LogP contribution >= 0.6 is 11.8 Å². The molecule has 0 aliphatic heterocycles. The van der Waals surface area contributed by atoms with E-state index in [1.165, 1.54) is 38.0 Å². The van der Waals surface area contributed by atoms with Crippen LogP contribution in [0.2, 0.25) is 0 Å². The highest BCUT2D eigenvalue weighted by Gasteiger charge is 2.23. The Morgan fingerprint density at radius 2 is 2.11 bits per heavy atom. The number of aryl methyl sites for hydroxylation is 1. The summed E-state index contributed by atoms with van der Waals surface area (Å²) in [6.07, 6.45) is 0. The largest absolute Gasteiger partial charge is 0.492 e. The van der Waals surface area contributed by atoms with Gasteiger partial charge in [-0.15, -0.1) is 11.8 Å². The van der Waals surface area contributed by atoms with Crippen molar-refractivity contribution in [3.8, 4) is 5.75 Å².